The fraction of sp³-hybridized carbons (Fsp3) is 0.417. The highest BCUT2D eigenvalue weighted by Crippen LogP contribution is 2.31. The van der Waals surface area contributed by atoms with Gasteiger partial charge in [-0.2, -0.15) is 0 Å². The van der Waals surface area contributed by atoms with Crippen LogP contribution in [0.15, 0.2) is 48.5 Å². The fourth-order valence-electron chi connectivity index (χ4n) is 2.49. The molecule has 0 aliphatic heterocycles. The molecule has 3 aromatic rings. The molecule has 0 heterocycles. The molecule has 0 aliphatic rings. The molecule has 24 heavy (non-hydrogen) atoms. The molecular weight excluding hydrogens is 288 g/mol. The average Bonchev–Trinajstić information content (AvgIpc) is 2.72. The Kier molecular flexibility index (Phi) is 15.0. The fourth-order valence-corrected chi connectivity index (χ4v) is 2.49. The molecule has 0 aliphatic carbocycles. The van der Waals surface area contributed by atoms with Crippen molar-refractivity contribution in [2.45, 2.75) is 69.2 Å². The molecule has 0 N–H and O–H groups in total. The predicted molar refractivity (Wildman–Crippen MR) is 116 cm³/mol. The second-order valence-corrected chi connectivity index (χ2v) is 4.34. The van der Waals surface area contributed by atoms with Gasteiger partial charge < -0.3 is 0 Å². The second kappa shape index (κ2) is 14.8. The van der Waals surface area contributed by atoms with E-state index in [1.54, 1.807) is 0 Å². The zero-order valence-electron chi connectivity index (χ0n) is 17.6. The standard InChI is InChI=1S/C16H14.4C2H6/c1-11-12(2)14-8-4-6-10-16(14)15-9-5-3-7-13(11)15;4*1-2/h3-10H,1-2H3;4*1-2H3. The maximum atomic E-state index is 2.21. The van der Waals surface area contributed by atoms with Gasteiger partial charge in [0.2, 0.25) is 0 Å². The number of rotatable bonds is 0. The first-order chi connectivity index (χ1) is 11.8. The van der Waals surface area contributed by atoms with Gasteiger partial charge in [-0.05, 0) is 46.5 Å². The van der Waals surface area contributed by atoms with Crippen molar-refractivity contribution < 1.29 is 0 Å². The first-order valence-electron chi connectivity index (χ1n) is 9.65. The van der Waals surface area contributed by atoms with Gasteiger partial charge in [-0.25, -0.2) is 0 Å². The van der Waals surface area contributed by atoms with Crippen LogP contribution in [0.3, 0.4) is 0 Å². The summed E-state index contributed by atoms with van der Waals surface area (Å²) in [6, 6.07) is 17.3. The van der Waals surface area contributed by atoms with E-state index in [4.69, 9.17) is 0 Å². The van der Waals surface area contributed by atoms with Crippen molar-refractivity contribution in [1.29, 1.82) is 0 Å². The van der Waals surface area contributed by atoms with Gasteiger partial charge >= 0.3 is 0 Å². The van der Waals surface area contributed by atoms with Crippen LogP contribution in [0.1, 0.15) is 66.5 Å². The second-order valence-electron chi connectivity index (χ2n) is 4.34. The van der Waals surface area contributed by atoms with E-state index in [-0.39, 0.29) is 0 Å². The third-order valence-electron chi connectivity index (χ3n) is 3.51. The van der Waals surface area contributed by atoms with Gasteiger partial charge in [0.05, 0.1) is 0 Å². The summed E-state index contributed by atoms with van der Waals surface area (Å²) in [5.41, 5.74) is 2.80. The van der Waals surface area contributed by atoms with Crippen LogP contribution in [0.25, 0.3) is 21.5 Å². The molecule has 0 radical (unpaired) electrons. The largest absolute Gasteiger partial charge is 0.0683 e. The topological polar surface area (TPSA) is 0 Å². The minimum Gasteiger partial charge on any atom is -0.0683 e. The zero-order chi connectivity index (χ0) is 19.1. The SMILES string of the molecule is CC.CC.CC.CC.Cc1c(C)c2ccccc2c2ccccc12. The quantitative estimate of drug-likeness (QED) is 0.362. The molecule has 0 heteroatoms. The Hall–Kier alpha value is -1.82. The van der Waals surface area contributed by atoms with Crippen LogP contribution >= 0.6 is 0 Å². The molecule has 0 atom stereocenters. The Bertz CT molecular complexity index is 617. The maximum absolute atomic E-state index is 2.21. The first-order valence-corrected chi connectivity index (χ1v) is 9.65. The Morgan fingerprint density at radius 3 is 0.833 bits per heavy atom. The summed E-state index contributed by atoms with van der Waals surface area (Å²) in [6.45, 7) is 20.4. The van der Waals surface area contributed by atoms with Crippen LogP contribution < -0.4 is 0 Å². The Morgan fingerprint density at radius 1 is 0.375 bits per heavy atom. The van der Waals surface area contributed by atoms with Crippen LogP contribution in [0.4, 0.5) is 0 Å². The van der Waals surface area contributed by atoms with Crippen molar-refractivity contribution in [3.63, 3.8) is 0 Å². The minimum absolute atomic E-state index is 1.36. The zero-order valence-corrected chi connectivity index (χ0v) is 17.6. The Balaban J connectivity index is 0. The monoisotopic (exact) mass is 326 g/mol. The molecule has 0 aromatic heterocycles. The van der Waals surface area contributed by atoms with Gasteiger partial charge in [0.25, 0.3) is 0 Å². The van der Waals surface area contributed by atoms with E-state index in [1.807, 2.05) is 55.4 Å². The summed E-state index contributed by atoms with van der Waals surface area (Å²) in [7, 11) is 0. The summed E-state index contributed by atoms with van der Waals surface area (Å²) in [4.78, 5) is 0. The number of hydrogen-bond acceptors (Lipinski definition) is 0. The first kappa shape index (κ1) is 24.4. The van der Waals surface area contributed by atoms with Crippen molar-refractivity contribution in [3.05, 3.63) is 59.7 Å². The Labute approximate surface area is 150 Å². The molecule has 0 unspecified atom stereocenters. The lowest BCUT2D eigenvalue weighted by Gasteiger charge is -2.11. The van der Waals surface area contributed by atoms with E-state index in [0.717, 1.165) is 0 Å². The van der Waals surface area contributed by atoms with E-state index in [2.05, 4.69) is 62.4 Å². The highest BCUT2D eigenvalue weighted by molar-refractivity contribution is 6.10. The highest BCUT2D eigenvalue weighted by Gasteiger charge is 2.06. The predicted octanol–water partition coefficient (Wildman–Crippen LogP) is 8.71. The third kappa shape index (κ3) is 5.67. The van der Waals surface area contributed by atoms with Gasteiger partial charge in [0.1, 0.15) is 0 Å². The van der Waals surface area contributed by atoms with Crippen LogP contribution in [-0.2, 0) is 0 Å². The summed E-state index contributed by atoms with van der Waals surface area (Å²) >= 11 is 0. The molecule has 134 valence electrons. The van der Waals surface area contributed by atoms with Crippen molar-refractivity contribution in [2.24, 2.45) is 0 Å². The molecule has 0 amide bonds. The molecule has 0 bridgehead atoms. The number of fused-ring (bicyclic) bond motifs is 3. The van der Waals surface area contributed by atoms with Gasteiger partial charge in [-0.15, -0.1) is 0 Å². The highest BCUT2D eigenvalue weighted by atomic mass is 14.1. The lowest BCUT2D eigenvalue weighted by molar-refractivity contribution is 1.41. The van der Waals surface area contributed by atoms with Crippen molar-refractivity contribution in [3.8, 4) is 0 Å². The molecule has 0 fully saturated rings. The molecule has 0 spiro atoms. The molecule has 3 aromatic carbocycles. The van der Waals surface area contributed by atoms with Gasteiger partial charge in [0, 0.05) is 0 Å². The minimum atomic E-state index is 1.36. The van der Waals surface area contributed by atoms with Crippen LogP contribution in [0.5, 0.6) is 0 Å². The summed E-state index contributed by atoms with van der Waals surface area (Å²) in [5.74, 6) is 0. The number of aryl methyl sites for hydroxylation is 2. The van der Waals surface area contributed by atoms with Crippen LogP contribution in [0, 0.1) is 13.8 Å². The van der Waals surface area contributed by atoms with Crippen LogP contribution in [-0.4, -0.2) is 0 Å². The van der Waals surface area contributed by atoms with Gasteiger partial charge in [0.15, 0.2) is 0 Å². The Morgan fingerprint density at radius 2 is 0.583 bits per heavy atom. The maximum Gasteiger partial charge on any atom is -0.0103 e. The van der Waals surface area contributed by atoms with E-state index < -0.39 is 0 Å². The van der Waals surface area contributed by atoms with E-state index in [9.17, 15) is 0 Å². The summed E-state index contributed by atoms with van der Waals surface area (Å²) in [5, 5.41) is 5.47. The van der Waals surface area contributed by atoms with Crippen molar-refractivity contribution in [1.82, 2.24) is 0 Å². The average molecular weight is 327 g/mol. The molecule has 0 saturated carbocycles. The lowest BCUT2D eigenvalue weighted by Crippen LogP contribution is -1.87. The summed E-state index contributed by atoms with van der Waals surface area (Å²) < 4.78 is 0. The number of hydrogen-bond donors (Lipinski definition) is 0. The molecular formula is C24H38. The van der Waals surface area contributed by atoms with Crippen molar-refractivity contribution in [2.75, 3.05) is 0 Å². The summed E-state index contributed by atoms with van der Waals surface area (Å²) in [6.07, 6.45) is 0. The van der Waals surface area contributed by atoms with Gasteiger partial charge in [-0.1, -0.05) is 104 Å². The van der Waals surface area contributed by atoms with Crippen LogP contribution in [0.2, 0.25) is 0 Å². The smallest absolute Gasteiger partial charge is 0.0103 e. The third-order valence-corrected chi connectivity index (χ3v) is 3.51. The van der Waals surface area contributed by atoms with Gasteiger partial charge in [-0.3, -0.25) is 0 Å². The molecule has 3 rings (SSSR count). The lowest BCUT2D eigenvalue weighted by atomic mass is 9.93. The molecule has 0 nitrogen and oxygen atoms in total. The number of benzene rings is 3. The van der Waals surface area contributed by atoms with E-state index in [1.165, 1.54) is 32.7 Å². The van der Waals surface area contributed by atoms with E-state index >= 15 is 0 Å². The van der Waals surface area contributed by atoms with E-state index in [0.29, 0.717) is 0 Å². The van der Waals surface area contributed by atoms with Crippen molar-refractivity contribution >= 4 is 21.5 Å². The normalized spacial score (nSPS) is 8.42. The molecule has 0 saturated heterocycles.